The first-order chi connectivity index (χ1) is 8.03. The van der Waals surface area contributed by atoms with Crippen molar-refractivity contribution in [2.75, 3.05) is 12.0 Å². The van der Waals surface area contributed by atoms with Gasteiger partial charge in [0, 0.05) is 6.54 Å². The van der Waals surface area contributed by atoms with Gasteiger partial charge >= 0.3 is 0 Å². The molecule has 1 aliphatic carbocycles. The van der Waals surface area contributed by atoms with Gasteiger partial charge in [-0.1, -0.05) is 13.8 Å². The zero-order chi connectivity index (χ0) is 12.5. The third kappa shape index (κ3) is 2.74. The van der Waals surface area contributed by atoms with Crippen molar-refractivity contribution in [1.82, 2.24) is 10.3 Å². The van der Waals surface area contributed by atoms with Gasteiger partial charge in [0.2, 0.25) is 0 Å². The topological polar surface area (TPSA) is 80.0 Å². The molecule has 5 nitrogen and oxygen atoms in total. The Morgan fingerprint density at radius 3 is 2.76 bits per heavy atom. The van der Waals surface area contributed by atoms with Crippen molar-refractivity contribution in [3.63, 3.8) is 0 Å². The normalized spacial score (nSPS) is 20.8. The van der Waals surface area contributed by atoms with Crippen LogP contribution in [0.2, 0.25) is 0 Å². The molecule has 0 bridgehead atoms. The molecule has 0 aromatic carbocycles. The first-order valence-electron chi connectivity index (χ1n) is 5.74. The van der Waals surface area contributed by atoms with Crippen LogP contribution in [0.1, 0.15) is 30.8 Å². The summed E-state index contributed by atoms with van der Waals surface area (Å²) in [4.78, 5) is 15.8. The van der Waals surface area contributed by atoms with E-state index < -0.39 is 0 Å². The molecule has 5 heteroatoms. The average molecular weight is 234 g/mol. The molecule has 0 spiro atoms. The number of carbonyl (C=O) groups excluding carboxylic acids is 1. The monoisotopic (exact) mass is 234 g/mol. The van der Waals surface area contributed by atoms with Crippen molar-refractivity contribution < 1.29 is 4.79 Å². The molecule has 17 heavy (non-hydrogen) atoms. The molecule has 0 aliphatic heterocycles. The molecule has 1 saturated carbocycles. The van der Waals surface area contributed by atoms with Gasteiger partial charge in [0.15, 0.2) is 0 Å². The zero-order valence-electron chi connectivity index (χ0n) is 10.2. The van der Waals surface area contributed by atoms with Gasteiger partial charge in [-0.15, -0.1) is 0 Å². The summed E-state index contributed by atoms with van der Waals surface area (Å²) in [6.07, 6.45) is 2.71. The number of hydrogen-bond donors (Lipinski definition) is 3. The first kappa shape index (κ1) is 11.9. The van der Waals surface area contributed by atoms with E-state index in [0.29, 0.717) is 22.7 Å². The molecule has 1 unspecified atom stereocenters. The first-order valence-corrected chi connectivity index (χ1v) is 5.74. The van der Waals surface area contributed by atoms with Crippen molar-refractivity contribution in [2.45, 2.75) is 20.3 Å². The van der Waals surface area contributed by atoms with Gasteiger partial charge in [-0.3, -0.25) is 10.6 Å². The highest BCUT2D eigenvalue weighted by molar-refractivity contribution is 5.92. The summed E-state index contributed by atoms with van der Waals surface area (Å²) in [5, 5.41) is 2.90. The maximum absolute atomic E-state index is 11.8. The summed E-state index contributed by atoms with van der Waals surface area (Å²) >= 11 is 0. The van der Waals surface area contributed by atoms with Gasteiger partial charge in [-0.25, -0.2) is 4.98 Å². The molecule has 1 fully saturated rings. The van der Waals surface area contributed by atoms with Crippen molar-refractivity contribution in [1.29, 1.82) is 0 Å². The van der Waals surface area contributed by atoms with Crippen LogP contribution >= 0.6 is 0 Å². The van der Waals surface area contributed by atoms with E-state index in [0.717, 1.165) is 6.54 Å². The number of nitrogens with zero attached hydrogens (tertiary/aromatic N) is 1. The van der Waals surface area contributed by atoms with Crippen LogP contribution in [0.3, 0.4) is 0 Å². The minimum absolute atomic E-state index is 0.128. The van der Waals surface area contributed by atoms with Crippen molar-refractivity contribution in [3.05, 3.63) is 24.0 Å². The molecule has 1 aromatic rings. The van der Waals surface area contributed by atoms with Gasteiger partial charge in [-0.2, -0.15) is 0 Å². The number of anilines is 1. The van der Waals surface area contributed by atoms with Gasteiger partial charge in [0.1, 0.15) is 5.69 Å². The zero-order valence-corrected chi connectivity index (χ0v) is 10.2. The quantitative estimate of drug-likeness (QED) is 0.539. The van der Waals surface area contributed by atoms with Crippen LogP contribution in [0.4, 0.5) is 5.69 Å². The van der Waals surface area contributed by atoms with Crippen LogP contribution in [0.25, 0.3) is 0 Å². The third-order valence-corrected chi connectivity index (χ3v) is 3.39. The Morgan fingerprint density at radius 1 is 1.59 bits per heavy atom. The Hall–Kier alpha value is -1.62. The van der Waals surface area contributed by atoms with E-state index in [1.165, 1.54) is 12.6 Å². The number of carbonyl (C=O) groups is 1. The van der Waals surface area contributed by atoms with Crippen molar-refractivity contribution in [2.24, 2.45) is 17.2 Å². The van der Waals surface area contributed by atoms with Crippen LogP contribution in [0.5, 0.6) is 0 Å². The highest BCUT2D eigenvalue weighted by atomic mass is 16.1. The second kappa shape index (κ2) is 4.33. The van der Waals surface area contributed by atoms with Crippen molar-refractivity contribution >= 4 is 11.6 Å². The second-order valence-electron chi connectivity index (χ2n) is 5.18. The van der Waals surface area contributed by atoms with E-state index in [4.69, 9.17) is 5.84 Å². The van der Waals surface area contributed by atoms with Gasteiger partial charge < -0.3 is 10.7 Å². The Labute approximate surface area is 101 Å². The van der Waals surface area contributed by atoms with E-state index >= 15 is 0 Å². The Balaban J connectivity index is 1.87. The van der Waals surface area contributed by atoms with Crippen LogP contribution < -0.4 is 16.6 Å². The largest absolute Gasteiger partial charge is 0.350 e. The summed E-state index contributed by atoms with van der Waals surface area (Å²) in [6.45, 7) is 5.15. The number of rotatable bonds is 4. The van der Waals surface area contributed by atoms with Gasteiger partial charge in [0.05, 0.1) is 11.9 Å². The minimum Gasteiger partial charge on any atom is -0.350 e. The van der Waals surface area contributed by atoms with Crippen LogP contribution in [0, 0.1) is 11.3 Å². The molecule has 0 radical (unpaired) electrons. The molecular formula is C12H18N4O. The second-order valence-corrected chi connectivity index (χ2v) is 5.18. The number of hydrogen-bond acceptors (Lipinski definition) is 4. The molecule has 1 amide bonds. The number of hydrazine groups is 1. The third-order valence-electron chi connectivity index (χ3n) is 3.39. The molecule has 2 rings (SSSR count). The number of aromatic nitrogens is 1. The lowest BCUT2D eigenvalue weighted by molar-refractivity contribution is 0.0945. The summed E-state index contributed by atoms with van der Waals surface area (Å²) in [6, 6.07) is 3.38. The Morgan fingerprint density at radius 2 is 2.29 bits per heavy atom. The molecule has 0 saturated heterocycles. The number of nitrogens with two attached hydrogens (primary N) is 1. The molecule has 1 heterocycles. The lowest BCUT2D eigenvalue weighted by Gasteiger charge is -2.06. The smallest absolute Gasteiger partial charge is 0.269 e. The molecule has 1 aromatic heterocycles. The van der Waals surface area contributed by atoms with E-state index in [1.807, 2.05) is 0 Å². The SMILES string of the molecule is CC1(C)CC1CNC(=O)c1ccc(NN)cn1. The average Bonchev–Trinajstić information content (AvgIpc) is 2.94. The van der Waals surface area contributed by atoms with E-state index in [-0.39, 0.29) is 5.91 Å². The number of amides is 1. The van der Waals surface area contributed by atoms with Gasteiger partial charge in [0.25, 0.3) is 5.91 Å². The Bertz CT molecular complexity index is 413. The highest BCUT2D eigenvalue weighted by Crippen LogP contribution is 2.50. The van der Waals surface area contributed by atoms with Crippen LogP contribution in [-0.4, -0.2) is 17.4 Å². The summed E-state index contributed by atoms with van der Waals surface area (Å²) in [5.41, 5.74) is 3.96. The van der Waals surface area contributed by atoms with E-state index in [9.17, 15) is 4.79 Å². The lowest BCUT2D eigenvalue weighted by atomic mass is 10.1. The number of nitrogens with one attached hydrogen (secondary N) is 2. The number of pyridine rings is 1. The Kier molecular flexibility index (Phi) is 3.02. The van der Waals surface area contributed by atoms with E-state index in [2.05, 4.69) is 29.6 Å². The van der Waals surface area contributed by atoms with Crippen LogP contribution in [-0.2, 0) is 0 Å². The standard InChI is InChI=1S/C12H18N4O/c1-12(2)5-8(12)6-15-11(17)10-4-3-9(16-13)7-14-10/h3-4,7-8,16H,5-6,13H2,1-2H3,(H,15,17). The molecule has 1 aliphatic rings. The van der Waals surface area contributed by atoms with E-state index in [1.54, 1.807) is 12.1 Å². The fourth-order valence-corrected chi connectivity index (χ4v) is 1.84. The number of nitrogen functional groups attached to an aromatic ring is 1. The maximum Gasteiger partial charge on any atom is 0.269 e. The summed E-state index contributed by atoms with van der Waals surface area (Å²) < 4.78 is 0. The molecular weight excluding hydrogens is 216 g/mol. The van der Waals surface area contributed by atoms with Gasteiger partial charge in [-0.05, 0) is 29.9 Å². The molecule has 92 valence electrons. The predicted octanol–water partition coefficient (Wildman–Crippen LogP) is 1.14. The fourth-order valence-electron chi connectivity index (χ4n) is 1.84. The summed E-state index contributed by atoms with van der Waals surface area (Å²) in [5.74, 6) is 5.69. The molecule has 4 N–H and O–H groups in total. The summed E-state index contributed by atoms with van der Waals surface area (Å²) in [7, 11) is 0. The fraction of sp³-hybridized carbons (Fsp3) is 0.500. The highest BCUT2D eigenvalue weighted by Gasteiger charge is 2.45. The minimum atomic E-state index is -0.128. The maximum atomic E-state index is 11.8. The lowest BCUT2D eigenvalue weighted by Crippen LogP contribution is -2.27. The van der Waals surface area contributed by atoms with Crippen LogP contribution in [0.15, 0.2) is 18.3 Å². The predicted molar refractivity (Wildman–Crippen MR) is 66.3 cm³/mol. The molecule has 1 atom stereocenters. The van der Waals surface area contributed by atoms with Crippen molar-refractivity contribution in [3.8, 4) is 0 Å².